The maximum Gasteiger partial charge on any atom is 0.276 e. The smallest absolute Gasteiger partial charge is 0.276 e. The Morgan fingerprint density at radius 1 is 1.32 bits per heavy atom. The molecule has 3 rings (SSSR count). The first-order chi connectivity index (χ1) is 9.15. The molecule has 3 nitrogen and oxygen atoms in total. The molecule has 0 saturated heterocycles. The zero-order valence-corrected chi connectivity index (χ0v) is 10.7. The molecule has 0 bridgehead atoms. The van der Waals surface area contributed by atoms with Crippen molar-refractivity contribution in [3.63, 3.8) is 0 Å². The summed E-state index contributed by atoms with van der Waals surface area (Å²) in [4.78, 5) is 18.0. The summed E-state index contributed by atoms with van der Waals surface area (Å²) < 4.78 is 13.1. The highest BCUT2D eigenvalue weighted by atomic mass is 35.5. The number of pyridine rings is 1. The van der Waals surface area contributed by atoms with Gasteiger partial charge in [0.1, 0.15) is 11.5 Å². The topological polar surface area (TPSA) is 33.2 Å². The van der Waals surface area contributed by atoms with E-state index in [1.165, 1.54) is 24.4 Å². The minimum Gasteiger partial charge on any atom is -0.306 e. The monoisotopic (exact) mass is 276 g/mol. The molecule has 2 heterocycles. The number of amides is 1. The Bertz CT molecular complexity index is 660. The molecule has 0 aliphatic carbocycles. The molecule has 1 aliphatic rings. The van der Waals surface area contributed by atoms with E-state index in [4.69, 9.17) is 11.6 Å². The minimum absolute atomic E-state index is 0.215. The van der Waals surface area contributed by atoms with Gasteiger partial charge in [0, 0.05) is 23.5 Å². The van der Waals surface area contributed by atoms with Gasteiger partial charge in [-0.15, -0.1) is 0 Å². The molecule has 1 aliphatic heterocycles. The van der Waals surface area contributed by atoms with Crippen LogP contribution in [0.3, 0.4) is 0 Å². The van der Waals surface area contributed by atoms with E-state index in [1.807, 2.05) is 0 Å². The van der Waals surface area contributed by atoms with Crippen LogP contribution >= 0.6 is 11.6 Å². The Balaban J connectivity index is 1.95. The summed E-state index contributed by atoms with van der Waals surface area (Å²) in [5.41, 5.74) is 1.88. The number of nitrogens with zero attached hydrogens (tertiary/aromatic N) is 2. The second-order valence-electron chi connectivity index (χ2n) is 4.34. The Labute approximate surface area is 114 Å². The number of hydrogen-bond donors (Lipinski definition) is 0. The van der Waals surface area contributed by atoms with E-state index in [0.29, 0.717) is 23.7 Å². The number of rotatable bonds is 1. The van der Waals surface area contributed by atoms with Crippen LogP contribution in [0, 0.1) is 5.82 Å². The van der Waals surface area contributed by atoms with Crippen molar-refractivity contribution in [1.82, 2.24) is 4.98 Å². The lowest BCUT2D eigenvalue weighted by Gasteiger charge is -2.16. The predicted octanol–water partition coefficient (Wildman–Crippen LogP) is 3.08. The second kappa shape index (κ2) is 4.63. The number of anilines is 1. The molecule has 0 spiro atoms. The van der Waals surface area contributed by atoms with Gasteiger partial charge in [0.25, 0.3) is 5.91 Å². The molecule has 96 valence electrons. The lowest BCUT2D eigenvalue weighted by atomic mass is 10.1. The summed E-state index contributed by atoms with van der Waals surface area (Å²) >= 11 is 5.86. The van der Waals surface area contributed by atoms with Crippen LogP contribution in [0.4, 0.5) is 10.1 Å². The number of aromatic nitrogens is 1. The van der Waals surface area contributed by atoms with Gasteiger partial charge in [0.05, 0.1) is 0 Å². The first kappa shape index (κ1) is 12.1. The molecular formula is C14H10ClFN2O. The molecule has 0 fully saturated rings. The van der Waals surface area contributed by atoms with Gasteiger partial charge in [-0.25, -0.2) is 4.39 Å². The predicted molar refractivity (Wildman–Crippen MR) is 71.0 cm³/mol. The maximum absolute atomic E-state index is 13.1. The lowest BCUT2D eigenvalue weighted by Crippen LogP contribution is -2.29. The van der Waals surface area contributed by atoms with E-state index < -0.39 is 0 Å². The Morgan fingerprint density at radius 3 is 2.95 bits per heavy atom. The number of hydrogen-bond acceptors (Lipinski definition) is 2. The maximum atomic E-state index is 13.1. The number of carbonyl (C=O) groups is 1. The van der Waals surface area contributed by atoms with Crippen LogP contribution < -0.4 is 4.90 Å². The highest BCUT2D eigenvalue weighted by molar-refractivity contribution is 6.31. The molecule has 1 aromatic heterocycles. The Kier molecular flexibility index (Phi) is 2.95. The third-order valence-electron chi connectivity index (χ3n) is 3.12. The number of fused-ring (bicyclic) bond motifs is 1. The Morgan fingerprint density at radius 2 is 2.16 bits per heavy atom. The first-order valence-corrected chi connectivity index (χ1v) is 6.25. The normalized spacial score (nSPS) is 13.5. The highest BCUT2D eigenvalue weighted by Gasteiger charge is 2.26. The van der Waals surface area contributed by atoms with Gasteiger partial charge >= 0.3 is 0 Å². The van der Waals surface area contributed by atoms with Gasteiger partial charge in [-0.2, -0.15) is 0 Å². The second-order valence-corrected chi connectivity index (χ2v) is 4.78. The van der Waals surface area contributed by atoms with E-state index in [0.717, 1.165) is 11.3 Å². The van der Waals surface area contributed by atoms with Crippen LogP contribution in [-0.4, -0.2) is 17.4 Å². The van der Waals surface area contributed by atoms with Crippen molar-refractivity contribution in [1.29, 1.82) is 0 Å². The molecule has 5 heteroatoms. The molecule has 19 heavy (non-hydrogen) atoms. The van der Waals surface area contributed by atoms with E-state index in [-0.39, 0.29) is 11.7 Å². The highest BCUT2D eigenvalue weighted by Crippen LogP contribution is 2.29. The average molecular weight is 277 g/mol. The van der Waals surface area contributed by atoms with Crippen LogP contribution in [0.5, 0.6) is 0 Å². The SMILES string of the molecule is O=C(c1cc(Cl)ccn1)N1CCc2cc(F)ccc21. The molecule has 0 radical (unpaired) electrons. The number of halogens is 2. The fourth-order valence-electron chi connectivity index (χ4n) is 2.24. The lowest BCUT2D eigenvalue weighted by molar-refractivity contribution is 0.0984. The van der Waals surface area contributed by atoms with Gasteiger partial charge in [0.2, 0.25) is 0 Å². The summed E-state index contributed by atoms with van der Waals surface area (Å²) in [5.74, 6) is -0.498. The number of carbonyl (C=O) groups excluding carboxylic acids is 1. The third kappa shape index (κ3) is 2.19. The Hall–Kier alpha value is -1.94. The van der Waals surface area contributed by atoms with Gasteiger partial charge in [-0.3, -0.25) is 9.78 Å². The summed E-state index contributed by atoms with van der Waals surface area (Å²) in [6, 6.07) is 7.60. The van der Waals surface area contributed by atoms with Crippen LogP contribution in [0.25, 0.3) is 0 Å². The summed E-state index contributed by atoms with van der Waals surface area (Å²) in [5, 5.41) is 0.469. The van der Waals surface area contributed by atoms with Crippen LogP contribution in [-0.2, 0) is 6.42 Å². The van der Waals surface area contributed by atoms with E-state index >= 15 is 0 Å². The fourth-order valence-corrected chi connectivity index (χ4v) is 2.40. The summed E-state index contributed by atoms with van der Waals surface area (Å²) in [6.07, 6.45) is 2.15. The van der Waals surface area contributed by atoms with Crippen molar-refractivity contribution in [2.75, 3.05) is 11.4 Å². The molecule has 2 aromatic rings. The van der Waals surface area contributed by atoms with Crippen LogP contribution in [0.2, 0.25) is 5.02 Å². The molecule has 1 amide bonds. The molecule has 1 aromatic carbocycles. The zero-order chi connectivity index (χ0) is 13.4. The number of benzene rings is 1. The summed E-state index contributed by atoms with van der Waals surface area (Å²) in [6.45, 7) is 0.534. The zero-order valence-electron chi connectivity index (χ0n) is 9.94. The van der Waals surface area contributed by atoms with Gasteiger partial charge in [-0.1, -0.05) is 11.6 Å². The van der Waals surface area contributed by atoms with Crippen LogP contribution in [0.1, 0.15) is 16.1 Å². The van der Waals surface area contributed by atoms with Gasteiger partial charge < -0.3 is 4.90 Å². The van der Waals surface area contributed by atoms with E-state index in [9.17, 15) is 9.18 Å². The molecule has 0 saturated carbocycles. The van der Waals surface area contributed by atoms with Crippen molar-refractivity contribution in [2.45, 2.75) is 6.42 Å². The van der Waals surface area contributed by atoms with Crippen molar-refractivity contribution in [3.8, 4) is 0 Å². The van der Waals surface area contributed by atoms with E-state index in [1.54, 1.807) is 17.0 Å². The first-order valence-electron chi connectivity index (χ1n) is 5.87. The molecular weight excluding hydrogens is 267 g/mol. The van der Waals surface area contributed by atoms with Crippen molar-refractivity contribution in [3.05, 3.63) is 58.6 Å². The molecule has 0 unspecified atom stereocenters. The average Bonchev–Trinajstić information content (AvgIpc) is 2.80. The quantitative estimate of drug-likeness (QED) is 0.802. The third-order valence-corrected chi connectivity index (χ3v) is 3.36. The largest absolute Gasteiger partial charge is 0.306 e. The van der Waals surface area contributed by atoms with Gasteiger partial charge in [-0.05, 0) is 42.3 Å². The van der Waals surface area contributed by atoms with Gasteiger partial charge in [0.15, 0.2) is 0 Å². The standard InChI is InChI=1S/C14H10ClFN2O/c15-10-3-5-17-12(8-10)14(19)18-6-4-9-7-11(16)1-2-13(9)18/h1-3,5,7-8H,4,6H2. The van der Waals surface area contributed by atoms with Crippen molar-refractivity contribution >= 4 is 23.2 Å². The van der Waals surface area contributed by atoms with E-state index in [2.05, 4.69) is 4.98 Å². The van der Waals surface area contributed by atoms with Crippen molar-refractivity contribution in [2.24, 2.45) is 0 Å². The molecule has 0 N–H and O–H groups in total. The minimum atomic E-state index is -0.283. The van der Waals surface area contributed by atoms with Crippen LogP contribution in [0.15, 0.2) is 36.5 Å². The van der Waals surface area contributed by atoms with Crippen molar-refractivity contribution < 1.29 is 9.18 Å². The summed E-state index contributed by atoms with van der Waals surface area (Å²) in [7, 11) is 0. The fraction of sp³-hybridized carbons (Fsp3) is 0.143. The molecule has 0 atom stereocenters.